The molecule has 34 heavy (non-hydrogen) atoms. The number of alkyl halides is 3. The van der Waals surface area contributed by atoms with Crippen molar-refractivity contribution in [3.8, 4) is 0 Å². The lowest BCUT2D eigenvalue weighted by molar-refractivity contribution is -0.137. The van der Waals surface area contributed by atoms with Crippen LogP contribution in [0.15, 0.2) is 54.7 Å². The lowest BCUT2D eigenvalue weighted by atomic mass is 10.1. The number of aromatic nitrogens is 2. The Morgan fingerprint density at radius 3 is 2.32 bits per heavy atom. The van der Waals surface area contributed by atoms with Crippen LogP contribution in [0, 0.1) is 0 Å². The number of halogens is 5. The number of rotatable bonds is 5. The van der Waals surface area contributed by atoms with Gasteiger partial charge in [0.1, 0.15) is 0 Å². The van der Waals surface area contributed by atoms with Gasteiger partial charge < -0.3 is 10.2 Å². The highest BCUT2D eigenvalue weighted by Crippen LogP contribution is 2.30. The molecule has 0 atom stereocenters. The van der Waals surface area contributed by atoms with E-state index in [4.69, 9.17) is 35.4 Å². The number of thiocarbonyl (C=S) groups is 1. The number of benzene rings is 2. The molecule has 0 aliphatic carbocycles. The monoisotopic (exact) mass is 527 g/mol. The molecule has 0 spiro atoms. The van der Waals surface area contributed by atoms with E-state index in [0.717, 1.165) is 11.6 Å². The lowest BCUT2D eigenvalue weighted by Crippen LogP contribution is -2.49. The number of hydrogen-bond donors (Lipinski definition) is 1. The molecule has 1 saturated heterocycles. The molecular formula is C23H22Cl2F3N5S. The zero-order chi connectivity index (χ0) is 24.3. The van der Waals surface area contributed by atoms with Gasteiger partial charge in [0.15, 0.2) is 10.9 Å². The van der Waals surface area contributed by atoms with Crippen molar-refractivity contribution in [3.63, 3.8) is 0 Å². The van der Waals surface area contributed by atoms with Crippen molar-refractivity contribution in [3.05, 3.63) is 81.5 Å². The zero-order valence-electron chi connectivity index (χ0n) is 18.0. The minimum Gasteiger partial charge on any atom is -0.346 e. The SMILES string of the molecule is FC(F)(F)c1cccc(CN2CCN(C(=S)Nc3ccn(Cc4c(Cl)cccc4Cl)n3)CC2)c1. The molecule has 0 bridgehead atoms. The average Bonchev–Trinajstić information content (AvgIpc) is 3.23. The second kappa shape index (κ2) is 10.5. The van der Waals surface area contributed by atoms with Crippen LogP contribution in [0.3, 0.4) is 0 Å². The molecule has 4 rings (SSSR count). The van der Waals surface area contributed by atoms with Crippen LogP contribution in [0.2, 0.25) is 10.0 Å². The van der Waals surface area contributed by atoms with E-state index in [2.05, 4.69) is 15.3 Å². The van der Waals surface area contributed by atoms with Gasteiger partial charge in [-0.3, -0.25) is 9.58 Å². The van der Waals surface area contributed by atoms with Gasteiger partial charge in [-0.1, -0.05) is 47.5 Å². The normalized spacial score (nSPS) is 14.9. The third kappa shape index (κ3) is 6.21. The van der Waals surface area contributed by atoms with Crippen molar-refractivity contribution >= 4 is 46.4 Å². The Bertz CT molecular complexity index is 1140. The summed E-state index contributed by atoms with van der Waals surface area (Å²) in [5.41, 5.74) is 0.818. The van der Waals surface area contributed by atoms with E-state index in [1.54, 1.807) is 28.9 Å². The summed E-state index contributed by atoms with van der Waals surface area (Å²) >= 11 is 18.0. The first-order valence-corrected chi connectivity index (χ1v) is 11.8. The minimum absolute atomic E-state index is 0.432. The number of anilines is 1. The smallest absolute Gasteiger partial charge is 0.346 e. The summed E-state index contributed by atoms with van der Waals surface area (Å²) < 4.78 is 40.6. The van der Waals surface area contributed by atoms with Gasteiger partial charge in [0.2, 0.25) is 0 Å². The van der Waals surface area contributed by atoms with E-state index in [0.29, 0.717) is 65.8 Å². The van der Waals surface area contributed by atoms with Crippen LogP contribution < -0.4 is 5.32 Å². The van der Waals surface area contributed by atoms with Gasteiger partial charge in [-0.15, -0.1) is 0 Å². The van der Waals surface area contributed by atoms with Gasteiger partial charge in [-0.05, 0) is 36.0 Å². The molecule has 1 aliphatic rings. The van der Waals surface area contributed by atoms with Crippen molar-refractivity contribution in [1.29, 1.82) is 0 Å². The topological polar surface area (TPSA) is 36.3 Å². The Morgan fingerprint density at radius 1 is 0.971 bits per heavy atom. The predicted molar refractivity (Wildman–Crippen MR) is 132 cm³/mol. The molecule has 2 aromatic carbocycles. The molecule has 2 heterocycles. The fourth-order valence-electron chi connectivity index (χ4n) is 3.76. The van der Waals surface area contributed by atoms with Crippen molar-refractivity contribution in [2.45, 2.75) is 19.3 Å². The van der Waals surface area contributed by atoms with Crippen LogP contribution in [-0.4, -0.2) is 50.9 Å². The highest BCUT2D eigenvalue weighted by Gasteiger charge is 2.30. The Labute approximate surface area is 211 Å². The summed E-state index contributed by atoms with van der Waals surface area (Å²) in [4.78, 5) is 4.15. The summed E-state index contributed by atoms with van der Waals surface area (Å²) in [7, 11) is 0. The maximum absolute atomic E-state index is 13.0. The summed E-state index contributed by atoms with van der Waals surface area (Å²) in [6.07, 6.45) is -2.52. The van der Waals surface area contributed by atoms with Gasteiger partial charge >= 0.3 is 6.18 Å². The van der Waals surface area contributed by atoms with Gasteiger partial charge in [0, 0.05) is 60.6 Å². The van der Waals surface area contributed by atoms with E-state index in [1.807, 2.05) is 17.2 Å². The molecule has 0 saturated carbocycles. The molecule has 0 amide bonds. The largest absolute Gasteiger partial charge is 0.416 e. The quantitative estimate of drug-likeness (QED) is 0.426. The van der Waals surface area contributed by atoms with Gasteiger partial charge in [-0.2, -0.15) is 18.3 Å². The Kier molecular flexibility index (Phi) is 7.67. The Balaban J connectivity index is 1.28. The number of piperazine rings is 1. The van der Waals surface area contributed by atoms with Crippen molar-refractivity contribution < 1.29 is 13.2 Å². The summed E-state index contributed by atoms with van der Waals surface area (Å²) in [5.74, 6) is 0.611. The maximum atomic E-state index is 13.0. The standard InChI is InChI=1S/C23H22Cl2F3N5S/c24-19-5-2-6-20(25)18(19)15-33-8-7-21(30-33)29-22(34)32-11-9-31(10-12-32)14-16-3-1-4-17(13-16)23(26,27)28/h1-8,13H,9-12,14-15H2,(H,29,30,34). The first-order valence-electron chi connectivity index (χ1n) is 10.6. The van der Waals surface area contributed by atoms with Crippen LogP contribution in [0.5, 0.6) is 0 Å². The zero-order valence-corrected chi connectivity index (χ0v) is 20.4. The fourth-order valence-corrected chi connectivity index (χ4v) is 4.57. The van der Waals surface area contributed by atoms with E-state index < -0.39 is 11.7 Å². The van der Waals surface area contributed by atoms with Gasteiger partial charge in [0.05, 0.1) is 12.1 Å². The van der Waals surface area contributed by atoms with Crippen LogP contribution in [-0.2, 0) is 19.3 Å². The summed E-state index contributed by atoms with van der Waals surface area (Å²) in [5, 5.41) is 9.36. The lowest BCUT2D eigenvalue weighted by Gasteiger charge is -2.36. The van der Waals surface area contributed by atoms with Crippen LogP contribution in [0.25, 0.3) is 0 Å². The second-order valence-electron chi connectivity index (χ2n) is 7.99. The average molecular weight is 528 g/mol. The van der Waals surface area contributed by atoms with Crippen LogP contribution in [0.4, 0.5) is 19.0 Å². The second-order valence-corrected chi connectivity index (χ2v) is 9.19. The summed E-state index contributed by atoms with van der Waals surface area (Å²) in [6.45, 7) is 3.62. The minimum atomic E-state index is -4.33. The third-order valence-corrected chi connectivity index (χ3v) is 6.65. The first kappa shape index (κ1) is 24.8. The Hall–Kier alpha value is -2.33. The van der Waals surface area contributed by atoms with Gasteiger partial charge in [-0.25, -0.2) is 0 Å². The molecule has 5 nitrogen and oxygen atoms in total. The van der Waals surface area contributed by atoms with E-state index in [9.17, 15) is 13.2 Å². The molecule has 1 N–H and O–H groups in total. The summed E-state index contributed by atoms with van der Waals surface area (Å²) in [6, 6.07) is 12.7. The molecule has 1 aromatic heterocycles. The van der Waals surface area contributed by atoms with Gasteiger partial charge in [0.25, 0.3) is 0 Å². The molecule has 1 aliphatic heterocycles. The molecular weight excluding hydrogens is 506 g/mol. The number of nitrogens with one attached hydrogen (secondary N) is 1. The third-order valence-electron chi connectivity index (χ3n) is 5.58. The fraction of sp³-hybridized carbons (Fsp3) is 0.304. The van der Waals surface area contributed by atoms with Crippen molar-refractivity contribution in [1.82, 2.24) is 19.6 Å². The van der Waals surface area contributed by atoms with E-state index in [1.165, 1.54) is 12.1 Å². The molecule has 180 valence electrons. The Morgan fingerprint density at radius 2 is 1.65 bits per heavy atom. The van der Waals surface area contributed by atoms with E-state index >= 15 is 0 Å². The number of hydrogen-bond acceptors (Lipinski definition) is 3. The van der Waals surface area contributed by atoms with E-state index in [-0.39, 0.29) is 0 Å². The number of nitrogens with zero attached hydrogens (tertiary/aromatic N) is 4. The molecule has 0 radical (unpaired) electrons. The molecule has 0 unspecified atom stereocenters. The van der Waals surface area contributed by atoms with Crippen LogP contribution >= 0.6 is 35.4 Å². The highest BCUT2D eigenvalue weighted by molar-refractivity contribution is 7.80. The highest BCUT2D eigenvalue weighted by atomic mass is 35.5. The van der Waals surface area contributed by atoms with Crippen molar-refractivity contribution in [2.75, 3.05) is 31.5 Å². The molecule has 11 heteroatoms. The molecule has 1 fully saturated rings. The predicted octanol–water partition coefficient (Wildman–Crippen LogP) is 5.77. The maximum Gasteiger partial charge on any atom is 0.416 e. The van der Waals surface area contributed by atoms with Crippen molar-refractivity contribution in [2.24, 2.45) is 0 Å². The van der Waals surface area contributed by atoms with Crippen LogP contribution in [0.1, 0.15) is 16.7 Å². The first-order chi connectivity index (χ1) is 16.2. The molecule has 3 aromatic rings.